The summed E-state index contributed by atoms with van der Waals surface area (Å²) in [5.74, 6) is 1.04. The number of carbonyl (C=O) groups excluding carboxylic acids is 1. The number of nitriles is 1. The highest BCUT2D eigenvalue weighted by atomic mass is 16.5. The summed E-state index contributed by atoms with van der Waals surface area (Å²) in [7, 11) is 1.78. The Labute approximate surface area is 166 Å². The van der Waals surface area contributed by atoms with E-state index in [4.69, 9.17) is 10.00 Å². The van der Waals surface area contributed by atoms with E-state index in [1.165, 1.54) is 0 Å². The number of nitrogens with one attached hydrogen (secondary N) is 1. The molecule has 0 radical (unpaired) electrons. The molecule has 8 heteroatoms. The van der Waals surface area contributed by atoms with Gasteiger partial charge in [-0.1, -0.05) is 12.1 Å². The van der Waals surface area contributed by atoms with Crippen molar-refractivity contribution in [3.63, 3.8) is 0 Å². The Morgan fingerprint density at radius 2 is 1.93 bits per heavy atom. The van der Waals surface area contributed by atoms with E-state index in [1.54, 1.807) is 13.1 Å². The lowest BCUT2D eigenvalue weighted by Crippen LogP contribution is -2.54. The average Bonchev–Trinajstić information content (AvgIpc) is 2.76. The zero-order valence-corrected chi connectivity index (χ0v) is 16.4. The van der Waals surface area contributed by atoms with Crippen LogP contribution in [0.1, 0.15) is 11.1 Å². The molecule has 150 valence electrons. The highest BCUT2D eigenvalue weighted by Crippen LogP contribution is 2.07. The third kappa shape index (κ3) is 5.44. The summed E-state index contributed by atoms with van der Waals surface area (Å²) >= 11 is 0. The van der Waals surface area contributed by atoms with Crippen molar-refractivity contribution in [3.8, 4) is 6.07 Å². The fraction of sp³-hybridized carbons (Fsp3) is 0.550. The van der Waals surface area contributed by atoms with Crippen molar-refractivity contribution in [2.45, 2.75) is 6.54 Å². The molecule has 8 nitrogen and oxygen atoms in total. The maximum absolute atomic E-state index is 12.4. The SMILES string of the molecule is CN=C(NCc1cccc(C#N)c1)N1CCN(CC(=O)N2CCOCC2)CC1. The molecule has 0 atom stereocenters. The molecule has 2 heterocycles. The summed E-state index contributed by atoms with van der Waals surface area (Å²) in [5.41, 5.74) is 1.71. The molecule has 0 aliphatic carbocycles. The monoisotopic (exact) mass is 384 g/mol. The Bertz CT molecular complexity index is 730. The van der Waals surface area contributed by atoms with E-state index in [1.807, 2.05) is 23.1 Å². The first-order chi connectivity index (χ1) is 13.7. The van der Waals surface area contributed by atoms with Crippen LogP contribution in [0.4, 0.5) is 0 Å². The van der Waals surface area contributed by atoms with Gasteiger partial charge in [0.2, 0.25) is 5.91 Å². The van der Waals surface area contributed by atoms with E-state index in [0.717, 1.165) is 37.7 Å². The fourth-order valence-electron chi connectivity index (χ4n) is 3.49. The third-order valence-electron chi connectivity index (χ3n) is 5.11. The molecule has 1 amide bonds. The molecule has 1 aromatic carbocycles. The number of ether oxygens (including phenoxy) is 1. The van der Waals surface area contributed by atoms with Crippen LogP contribution in [0.2, 0.25) is 0 Å². The molecule has 28 heavy (non-hydrogen) atoms. The number of carbonyl (C=O) groups is 1. The van der Waals surface area contributed by atoms with Crippen LogP contribution in [0, 0.1) is 11.3 Å². The number of aliphatic imine (C=N–C) groups is 1. The number of morpholine rings is 1. The lowest BCUT2D eigenvalue weighted by Gasteiger charge is -2.37. The zero-order chi connectivity index (χ0) is 19.8. The van der Waals surface area contributed by atoms with Gasteiger partial charge in [-0.25, -0.2) is 0 Å². The minimum Gasteiger partial charge on any atom is -0.378 e. The molecule has 3 rings (SSSR count). The van der Waals surface area contributed by atoms with E-state index in [9.17, 15) is 4.79 Å². The van der Waals surface area contributed by atoms with Crippen LogP contribution in [-0.4, -0.2) is 92.6 Å². The standard InChI is InChI=1S/C20H28N6O2/c1-22-20(23-15-18-4-2-3-17(13-18)14-21)26-7-5-24(6-8-26)16-19(27)25-9-11-28-12-10-25/h2-4,13H,5-12,15-16H2,1H3,(H,22,23). The van der Waals surface area contributed by atoms with Gasteiger partial charge in [-0.15, -0.1) is 0 Å². The molecule has 0 aromatic heterocycles. The van der Waals surface area contributed by atoms with Crippen LogP contribution in [0.15, 0.2) is 29.3 Å². The lowest BCUT2D eigenvalue weighted by molar-refractivity contribution is -0.136. The number of hydrogen-bond donors (Lipinski definition) is 1. The molecule has 0 bridgehead atoms. The van der Waals surface area contributed by atoms with Gasteiger partial charge in [0.25, 0.3) is 0 Å². The minimum atomic E-state index is 0.191. The Hall–Kier alpha value is -2.63. The molecule has 0 spiro atoms. The Balaban J connectivity index is 1.44. The summed E-state index contributed by atoms with van der Waals surface area (Å²) in [4.78, 5) is 23.1. The highest BCUT2D eigenvalue weighted by Gasteiger charge is 2.24. The Kier molecular flexibility index (Phi) is 7.23. The summed E-state index contributed by atoms with van der Waals surface area (Å²) < 4.78 is 5.31. The zero-order valence-electron chi connectivity index (χ0n) is 16.4. The molecule has 1 aromatic rings. The molecule has 2 aliphatic rings. The van der Waals surface area contributed by atoms with E-state index in [-0.39, 0.29) is 5.91 Å². The summed E-state index contributed by atoms with van der Waals surface area (Å²) in [6.45, 7) is 7.09. The van der Waals surface area contributed by atoms with Crippen LogP contribution in [0.3, 0.4) is 0 Å². The van der Waals surface area contributed by atoms with Crippen molar-refractivity contribution < 1.29 is 9.53 Å². The highest BCUT2D eigenvalue weighted by molar-refractivity contribution is 5.80. The van der Waals surface area contributed by atoms with Crippen LogP contribution in [-0.2, 0) is 16.1 Å². The Morgan fingerprint density at radius 1 is 1.18 bits per heavy atom. The van der Waals surface area contributed by atoms with Gasteiger partial charge in [0, 0.05) is 52.9 Å². The number of rotatable bonds is 4. The van der Waals surface area contributed by atoms with Crippen molar-refractivity contribution in [1.29, 1.82) is 5.26 Å². The van der Waals surface area contributed by atoms with Gasteiger partial charge in [-0.3, -0.25) is 14.7 Å². The molecular weight excluding hydrogens is 356 g/mol. The molecule has 2 fully saturated rings. The van der Waals surface area contributed by atoms with E-state index < -0.39 is 0 Å². The van der Waals surface area contributed by atoms with Crippen molar-refractivity contribution >= 4 is 11.9 Å². The summed E-state index contributed by atoms with van der Waals surface area (Å²) in [6.07, 6.45) is 0. The summed E-state index contributed by atoms with van der Waals surface area (Å²) in [5, 5.41) is 12.4. The first-order valence-corrected chi connectivity index (χ1v) is 9.72. The molecule has 2 aliphatic heterocycles. The first kappa shape index (κ1) is 20.1. The summed E-state index contributed by atoms with van der Waals surface area (Å²) in [6, 6.07) is 9.74. The largest absolute Gasteiger partial charge is 0.378 e. The van der Waals surface area contributed by atoms with Crippen molar-refractivity contribution in [3.05, 3.63) is 35.4 Å². The van der Waals surface area contributed by atoms with Gasteiger partial charge in [0.15, 0.2) is 5.96 Å². The van der Waals surface area contributed by atoms with Crippen molar-refractivity contribution in [2.24, 2.45) is 4.99 Å². The second-order valence-corrected chi connectivity index (χ2v) is 6.97. The third-order valence-corrected chi connectivity index (χ3v) is 5.11. The van der Waals surface area contributed by atoms with Gasteiger partial charge in [0.05, 0.1) is 31.4 Å². The van der Waals surface area contributed by atoms with Crippen LogP contribution in [0.25, 0.3) is 0 Å². The smallest absolute Gasteiger partial charge is 0.236 e. The predicted molar refractivity (Wildman–Crippen MR) is 107 cm³/mol. The molecule has 0 unspecified atom stereocenters. The van der Waals surface area contributed by atoms with Gasteiger partial charge in [0.1, 0.15) is 0 Å². The average molecular weight is 384 g/mol. The van der Waals surface area contributed by atoms with Gasteiger partial charge in [-0.05, 0) is 17.7 Å². The Morgan fingerprint density at radius 3 is 2.61 bits per heavy atom. The normalized spacial score (nSPS) is 18.6. The van der Waals surface area contributed by atoms with Gasteiger partial charge >= 0.3 is 0 Å². The predicted octanol–water partition coefficient (Wildman–Crippen LogP) is 0.110. The number of benzene rings is 1. The lowest BCUT2D eigenvalue weighted by atomic mass is 10.1. The van der Waals surface area contributed by atoms with E-state index in [0.29, 0.717) is 45.0 Å². The molecular formula is C20H28N6O2. The number of amides is 1. The topological polar surface area (TPSA) is 84.2 Å². The van der Waals surface area contributed by atoms with Crippen LogP contribution < -0.4 is 5.32 Å². The van der Waals surface area contributed by atoms with E-state index >= 15 is 0 Å². The molecule has 0 saturated carbocycles. The fourth-order valence-corrected chi connectivity index (χ4v) is 3.49. The van der Waals surface area contributed by atoms with Crippen molar-refractivity contribution in [1.82, 2.24) is 20.0 Å². The number of hydrogen-bond acceptors (Lipinski definition) is 5. The van der Waals surface area contributed by atoms with Crippen LogP contribution >= 0.6 is 0 Å². The van der Waals surface area contributed by atoms with Crippen molar-refractivity contribution in [2.75, 3.05) is 66.1 Å². The quantitative estimate of drug-likeness (QED) is 0.586. The molecule has 1 N–H and O–H groups in total. The minimum absolute atomic E-state index is 0.191. The maximum atomic E-state index is 12.4. The number of piperazine rings is 1. The number of nitrogens with zero attached hydrogens (tertiary/aromatic N) is 5. The first-order valence-electron chi connectivity index (χ1n) is 9.72. The van der Waals surface area contributed by atoms with E-state index in [2.05, 4.69) is 26.2 Å². The van der Waals surface area contributed by atoms with Gasteiger partial charge in [-0.2, -0.15) is 5.26 Å². The second kappa shape index (κ2) is 10.1. The van der Waals surface area contributed by atoms with Crippen LogP contribution in [0.5, 0.6) is 0 Å². The molecule has 2 saturated heterocycles. The second-order valence-electron chi connectivity index (χ2n) is 6.97. The van der Waals surface area contributed by atoms with Gasteiger partial charge < -0.3 is 19.9 Å². The maximum Gasteiger partial charge on any atom is 0.236 e. The number of guanidine groups is 1.